The standard InChI is InChI=1S/C21H24N2O/c1-22-21(24)20-8-4-5-11-23(20)14-15-9-10-19-17(12-15)13-16-6-2-3-7-18(16)19/h2-3,6-7,9-10,12,20H,4-5,8,11,13-14H2,1H3,(H,22,24)/t20-/m1/s1. The summed E-state index contributed by atoms with van der Waals surface area (Å²) in [5.74, 6) is 0.156. The summed E-state index contributed by atoms with van der Waals surface area (Å²) in [5, 5.41) is 2.82. The van der Waals surface area contributed by atoms with Gasteiger partial charge in [-0.05, 0) is 53.6 Å². The van der Waals surface area contributed by atoms with Gasteiger partial charge in [-0.3, -0.25) is 9.69 Å². The average molecular weight is 320 g/mol. The third kappa shape index (κ3) is 2.73. The Hall–Kier alpha value is -2.13. The summed E-state index contributed by atoms with van der Waals surface area (Å²) in [6.07, 6.45) is 4.33. The number of carbonyl (C=O) groups is 1. The van der Waals surface area contributed by atoms with Crippen LogP contribution in [0.2, 0.25) is 0 Å². The van der Waals surface area contributed by atoms with Gasteiger partial charge in [0.2, 0.25) is 5.91 Å². The van der Waals surface area contributed by atoms with Gasteiger partial charge in [0.25, 0.3) is 0 Å². The Kier molecular flexibility index (Phi) is 4.11. The van der Waals surface area contributed by atoms with Crippen LogP contribution in [0.4, 0.5) is 0 Å². The summed E-state index contributed by atoms with van der Waals surface area (Å²) in [7, 11) is 1.74. The normalized spacial score (nSPS) is 19.6. The largest absolute Gasteiger partial charge is 0.358 e. The SMILES string of the molecule is CNC(=O)[C@H]1CCCCN1Cc1ccc2c(c1)Cc1ccccc1-2. The summed E-state index contributed by atoms with van der Waals surface area (Å²) < 4.78 is 0. The Bertz CT molecular complexity index is 768. The molecule has 3 heteroatoms. The van der Waals surface area contributed by atoms with Crippen molar-refractivity contribution in [2.24, 2.45) is 0 Å². The van der Waals surface area contributed by atoms with E-state index in [1.807, 2.05) is 0 Å². The van der Waals surface area contributed by atoms with Crippen molar-refractivity contribution in [2.45, 2.75) is 38.3 Å². The van der Waals surface area contributed by atoms with Gasteiger partial charge in [0, 0.05) is 13.6 Å². The van der Waals surface area contributed by atoms with Gasteiger partial charge < -0.3 is 5.32 Å². The van der Waals surface area contributed by atoms with E-state index in [1.165, 1.54) is 34.2 Å². The van der Waals surface area contributed by atoms with Crippen LogP contribution in [0.1, 0.15) is 36.0 Å². The highest BCUT2D eigenvalue weighted by Gasteiger charge is 2.28. The molecule has 2 aromatic rings. The smallest absolute Gasteiger partial charge is 0.237 e. The van der Waals surface area contributed by atoms with Gasteiger partial charge in [-0.1, -0.05) is 48.9 Å². The highest BCUT2D eigenvalue weighted by Crippen LogP contribution is 2.37. The predicted octanol–water partition coefficient (Wildman–Crippen LogP) is 3.36. The maximum Gasteiger partial charge on any atom is 0.237 e. The van der Waals surface area contributed by atoms with E-state index in [4.69, 9.17) is 0 Å². The number of hydrogen-bond donors (Lipinski definition) is 1. The molecule has 1 saturated heterocycles. The van der Waals surface area contributed by atoms with E-state index < -0.39 is 0 Å². The minimum atomic E-state index is 0.0224. The van der Waals surface area contributed by atoms with E-state index in [0.29, 0.717) is 0 Å². The van der Waals surface area contributed by atoms with Crippen molar-refractivity contribution < 1.29 is 4.79 Å². The molecule has 4 rings (SSSR count). The molecule has 1 heterocycles. The second-order valence-electron chi connectivity index (χ2n) is 6.92. The summed E-state index contributed by atoms with van der Waals surface area (Å²) in [4.78, 5) is 14.5. The third-order valence-corrected chi connectivity index (χ3v) is 5.41. The number of nitrogens with zero attached hydrogens (tertiary/aromatic N) is 1. The number of hydrogen-bond acceptors (Lipinski definition) is 2. The monoisotopic (exact) mass is 320 g/mol. The number of rotatable bonds is 3. The highest BCUT2D eigenvalue weighted by molar-refractivity contribution is 5.81. The number of amides is 1. The van der Waals surface area contributed by atoms with Crippen molar-refractivity contribution >= 4 is 5.91 Å². The van der Waals surface area contributed by atoms with Crippen molar-refractivity contribution in [3.8, 4) is 11.1 Å². The molecule has 0 bridgehead atoms. The van der Waals surface area contributed by atoms with Gasteiger partial charge >= 0.3 is 0 Å². The van der Waals surface area contributed by atoms with Gasteiger partial charge in [0.1, 0.15) is 0 Å². The van der Waals surface area contributed by atoms with Crippen molar-refractivity contribution in [2.75, 3.05) is 13.6 Å². The van der Waals surface area contributed by atoms with E-state index >= 15 is 0 Å². The van der Waals surface area contributed by atoms with E-state index in [0.717, 1.165) is 32.4 Å². The molecule has 0 spiro atoms. The summed E-state index contributed by atoms with van der Waals surface area (Å²) >= 11 is 0. The number of carbonyl (C=O) groups excluding carboxylic acids is 1. The number of fused-ring (bicyclic) bond motifs is 3. The number of benzene rings is 2. The van der Waals surface area contributed by atoms with Crippen LogP contribution in [0.5, 0.6) is 0 Å². The van der Waals surface area contributed by atoms with Crippen LogP contribution >= 0.6 is 0 Å². The Morgan fingerprint density at radius 2 is 1.96 bits per heavy atom. The van der Waals surface area contributed by atoms with Gasteiger partial charge in [-0.2, -0.15) is 0 Å². The van der Waals surface area contributed by atoms with E-state index in [9.17, 15) is 4.79 Å². The lowest BCUT2D eigenvalue weighted by Gasteiger charge is -2.34. The molecule has 24 heavy (non-hydrogen) atoms. The van der Waals surface area contributed by atoms with Crippen molar-refractivity contribution in [1.29, 1.82) is 0 Å². The molecule has 1 amide bonds. The Morgan fingerprint density at radius 3 is 2.83 bits per heavy atom. The predicted molar refractivity (Wildman–Crippen MR) is 96.8 cm³/mol. The zero-order valence-corrected chi connectivity index (χ0v) is 14.2. The first-order valence-electron chi connectivity index (χ1n) is 8.92. The number of nitrogens with one attached hydrogen (secondary N) is 1. The molecule has 0 unspecified atom stereocenters. The molecule has 0 radical (unpaired) electrons. The zero-order valence-electron chi connectivity index (χ0n) is 14.2. The second kappa shape index (κ2) is 6.40. The van der Waals surface area contributed by atoms with Gasteiger partial charge in [-0.25, -0.2) is 0 Å². The van der Waals surface area contributed by atoms with E-state index in [2.05, 4.69) is 52.7 Å². The van der Waals surface area contributed by atoms with E-state index in [1.54, 1.807) is 7.05 Å². The minimum Gasteiger partial charge on any atom is -0.358 e. The van der Waals surface area contributed by atoms with Crippen LogP contribution in [-0.4, -0.2) is 30.4 Å². The topological polar surface area (TPSA) is 32.3 Å². The molecular formula is C21H24N2O. The molecule has 1 N–H and O–H groups in total. The van der Waals surface area contributed by atoms with Crippen molar-refractivity contribution in [3.05, 3.63) is 59.2 Å². The molecule has 1 atom stereocenters. The first-order chi connectivity index (χ1) is 11.8. The van der Waals surface area contributed by atoms with Gasteiger partial charge in [0.15, 0.2) is 0 Å². The Labute approximate surface area is 143 Å². The maximum atomic E-state index is 12.2. The fourth-order valence-electron chi connectivity index (χ4n) is 4.18. The zero-order chi connectivity index (χ0) is 16.5. The Morgan fingerprint density at radius 1 is 1.12 bits per heavy atom. The van der Waals surface area contributed by atoms with Crippen LogP contribution in [0.3, 0.4) is 0 Å². The molecule has 1 aliphatic carbocycles. The molecule has 1 fully saturated rings. The fraction of sp³-hybridized carbons (Fsp3) is 0.381. The van der Waals surface area contributed by atoms with Crippen LogP contribution in [0, 0.1) is 0 Å². The molecule has 124 valence electrons. The minimum absolute atomic E-state index is 0.0224. The molecule has 2 aromatic carbocycles. The number of piperidine rings is 1. The molecule has 0 aromatic heterocycles. The fourth-order valence-corrected chi connectivity index (χ4v) is 4.18. The van der Waals surface area contributed by atoms with Crippen molar-refractivity contribution in [3.63, 3.8) is 0 Å². The first kappa shape index (κ1) is 15.4. The number of likely N-dealkylation sites (tertiary alicyclic amines) is 1. The lowest BCUT2D eigenvalue weighted by molar-refractivity contribution is -0.127. The summed E-state index contributed by atoms with van der Waals surface area (Å²) in [6.45, 7) is 1.87. The molecule has 0 saturated carbocycles. The highest BCUT2D eigenvalue weighted by atomic mass is 16.2. The van der Waals surface area contributed by atoms with Crippen LogP contribution < -0.4 is 5.32 Å². The average Bonchev–Trinajstić information content (AvgIpc) is 2.99. The quantitative estimate of drug-likeness (QED) is 0.802. The third-order valence-electron chi connectivity index (χ3n) is 5.41. The van der Waals surface area contributed by atoms with Crippen LogP contribution in [0.25, 0.3) is 11.1 Å². The lowest BCUT2D eigenvalue weighted by atomic mass is 9.99. The van der Waals surface area contributed by atoms with Crippen molar-refractivity contribution in [1.82, 2.24) is 10.2 Å². The summed E-state index contributed by atoms with van der Waals surface area (Å²) in [5.41, 5.74) is 6.90. The van der Waals surface area contributed by atoms with Gasteiger partial charge in [-0.15, -0.1) is 0 Å². The maximum absolute atomic E-state index is 12.2. The van der Waals surface area contributed by atoms with Crippen LogP contribution in [-0.2, 0) is 17.8 Å². The molecule has 1 aliphatic heterocycles. The first-order valence-corrected chi connectivity index (χ1v) is 8.92. The van der Waals surface area contributed by atoms with Crippen LogP contribution in [0.15, 0.2) is 42.5 Å². The summed E-state index contributed by atoms with van der Waals surface area (Å²) in [6, 6.07) is 15.5. The number of likely N-dealkylation sites (N-methyl/N-ethyl adjacent to an activating group) is 1. The van der Waals surface area contributed by atoms with Gasteiger partial charge in [0.05, 0.1) is 6.04 Å². The lowest BCUT2D eigenvalue weighted by Crippen LogP contribution is -2.48. The molecule has 2 aliphatic rings. The second-order valence-corrected chi connectivity index (χ2v) is 6.92. The molecule has 3 nitrogen and oxygen atoms in total. The molecular weight excluding hydrogens is 296 g/mol. The Balaban J connectivity index is 1.56. The van der Waals surface area contributed by atoms with E-state index in [-0.39, 0.29) is 11.9 Å².